The van der Waals surface area contributed by atoms with Gasteiger partial charge in [0.15, 0.2) is 5.69 Å². The fourth-order valence-electron chi connectivity index (χ4n) is 1.80. The van der Waals surface area contributed by atoms with Crippen LogP contribution in [0.15, 0.2) is 17.2 Å². The lowest BCUT2D eigenvalue weighted by Crippen LogP contribution is -2.04. The summed E-state index contributed by atoms with van der Waals surface area (Å²) in [4.78, 5) is 11.8. The number of methoxy groups -OCH3 is 2. The number of esters is 1. The summed E-state index contributed by atoms with van der Waals surface area (Å²) in [5.74, 6) is -0.180. The van der Waals surface area contributed by atoms with Gasteiger partial charge in [-0.2, -0.15) is 20.7 Å². The van der Waals surface area contributed by atoms with Crippen LogP contribution in [-0.2, 0) is 4.74 Å². The van der Waals surface area contributed by atoms with E-state index in [9.17, 15) is 4.79 Å². The number of ether oxygens (including phenoxy) is 2. The number of H-pyrrole nitrogens is 1. The molecule has 1 aromatic carbocycles. The zero-order chi connectivity index (χ0) is 16.1. The molecule has 0 bridgehead atoms. The van der Waals surface area contributed by atoms with Gasteiger partial charge in [-0.25, -0.2) is 4.79 Å². The number of hydrogen-bond acceptors (Lipinski definition) is 8. The van der Waals surface area contributed by atoms with E-state index in [0.717, 1.165) is 0 Å². The van der Waals surface area contributed by atoms with Crippen molar-refractivity contribution in [2.24, 2.45) is 5.10 Å². The Hall–Kier alpha value is -3.59. The van der Waals surface area contributed by atoms with E-state index in [-0.39, 0.29) is 11.4 Å². The first kappa shape index (κ1) is 14.8. The molecule has 9 nitrogen and oxygen atoms in total. The predicted octanol–water partition coefficient (Wildman–Crippen LogP) is 1.17. The van der Waals surface area contributed by atoms with E-state index in [1.807, 2.05) is 0 Å². The molecule has 0 spiro atoms. The summed E-state index contributed by atoms with van der Waals surface area (Å²) >= 11 is 0. The number of nitriles is 2. The fourth-order valence-corrected chi connectivity index (χ4v) is 1.80. The van der Waals surface area contributed by atoms with Crippen LogP contribution in [0.4, 0.5) is 5.69 Å². The molecule has 1 aromatic heterocycles. The van der Waals surface area contributed by atoms with Crippen LogP contribution in [0.3, 0.4) is 0 Å². The van der Waals surface area contributed by atoms with Crippen molar-refractivity contribution in [3.8, 4) is 17.9 Å². The van der Waals surface area contributed by atoms with Crippen molar-refractivity contribution in [1.29, 1.82) is 10.5 Å². The van der Waals surface area contributed by atoms with Gasteiger partial charge in [0, 0.05) is 0 Å². The Balaban J connectivity index is 2.62. The first-order chi connectivity index (χ1) is 10.7. The van der Waals surface area contributed by atoms with Gasteiger partial charge in [-0.15, -0.1) is 0 Å². The van der Waals surface area contributed by atoms with E-state index in [2.05, 4.69) is 25.5 Å². The highest BCUT2D eigenvalue weighted by Gasteiger charge is 2.20. The maximum atomic E-state index is 11.8. The minimum atomic E-state index is -0.622. The molecule has 0 aliphatic carbocycles. The zero-order valence-electron chi connectivity index (χ0n) is 11.7. The highest BCUT2D eigenvalue weighted by molar-refractivity contribution is 6.12. The van der Waals surface area contributed by atoms with Crippen LogP contribution in [-0.4, -0.2) is 36.1 Å². The number of fused-ring (bicyclic) bond motifs is 1. The largest absolute Gasteiger partial charge is 0.494 e. The van der Waals surface area contributed by atoms with Crippen LogP contribution in [0.1, 0.15) is 10.5 Å². The third-order valence-corrected chi connectivity index (χ3v) is 2.78. The standard InChI is InChI=1S/C13H10N6O3/c1-21-9-4-3-8(17-16-7(5-14)6-15)10-11(9)18-19-12(10)13(20)22-2/h3-4,17H,1-2H3,(H,18,19). The molecule has 0 unspecified atom stereocenters. The molecule has 0 saturated heterocycles. The molecule has 0 aliphatic heterocycles. The van der Waals surface area contributed by atoms with Gasteiger partial charge in [0.25, 0.3) is 0 Å². The second-order valence-corrected chi connectivity index (χ2v) is 3.92. The van der Waals surface area contributed by atoms with Crippen LogP contribution in [0.2, 0.25) is 0 Å². The number of anilines is 1. The molecule has 9 heteroatoms. The Morgan fingerprint density at radius 2 is 2.09 bits per heavy atom. The number of hydrazone groups is 1. The molecule has 2 aromatic rings. The fraction of sp³-hybridized carbons (Fsp3) is 0.154. The summed E-state index contributed by atoms with van der Waals surface area (Å²) in [5.41, 5.74) is 3.07. The smallest absolute Gasteiger partial charge is 0.356 e. The summed E-state index contributed by atoms with van der Waals surface area (Å²) in [6, 6.07) is 6.44. The average Bonchev–Trinajstić information content (AvgIpc) is 3.00. The number of nitrogens with zero attached hydrogens (tertiary/aromatic N) is 4. The summed E-state index contributed by atoms with van der Waals surface area (Å²) in [5, 5.41) is 28.0. The number of nitrogens with one attached hydrogen (secondary N) is 2. The highest BCUT2D eigenvalue weighted by atomic mass is 16.5. The molecule has 0 aliphatic rings. The van der Waals surface area contributed by atoms with E-state index in [0.29, 0.717) is 22.3 Å². The summed E-state index contributed by atoms with van der Waals surface area (Å²) in [7, 11) is 2.71. The molecule has 0 fully saturated rings. The molecule has 0 atom stereocenters. The molecule has 0 amide bonds. The van der Waals surface area contributed by atoms with Crippen molar-refractivity contribution in [3.63, 3.8) is 0 Å². The van der Waals surface area contributed by atoms with Crippen LogP contribution in [0, 0.1) is 22.7 Å². The zero-order valence-corrected chi connectivity index (χ0v) is 11.7. The van der Waals surface area contributed by atoms with Crippen LogP contribution in [0.25, 0.3) is 10.9 Å². The van der Waals surface area contributed by atoms with E-state index >= 15 is 0 Å². The summed E-state index contributed by atoms with van der Waals surface area (Å²) in [6.07, 6.45) is 0. The quantitative estimate of drug-likeness (QED) is 0.491. The van der Waals surface area contributed by atoms with Crippen molar-refractivity contribution in [3.05, 3.63) is 17.8 Å². The number of rotatable bonds is 4. The maximum Gasteiger partial charge on any atom is 0.356 e. The minimum absolute atomic E-state index is 0.101. The van der Waals surface area contributed by atoms with Crippen LogP contribution in [0.5, 0.6) is 5.75 Å². The molecule has 2 rings (SSSR count). The van der Waals surface area contributed by atoms with Crippen LogP contribution < -0.4 is 10.2 Å². The SMILES string of the molecule is COC(=O)c1[nH]nc2c(OC)ccc(NN=C(C#N)C#N)c12. The third kappa shape index (κ3) is 2.51. The Labute approximate surface area is 124 Å². The molecule has 0 radical (unpaired) electrons. The van der Waals surface area contributed by atoms with Gasteiger partial charge < -0.3 is 9.47 Å². The molecule has 0 saturated carbocycles. The molecule has 1 heterocycles. The Morgan fingerprint density at radius 1 is 1.36 bits per heavy atom. The second kappa shape index (κ2) is 6.24. The van der Waals surface area contributed by atoms with Crippen molar-refractivity contribution in [2.45, 2.75) is 0 Å². The number of hydrogen-bond donors (Lipinski definition) is 2. The van der Waals surface area contributed by atoms with Gasteiger partial charge in [-0.3, -0.25) is 10.5 Å². The highest BCUT2D eigenvalue weighted by Crippen LogP contribution is 2.32. The van der Waals surface area contributed by atoms with E-state index in [1.165, 1.54) is 14.2 Å². The monoisotopic (exact) mass is 298 g/mol. The molecule has 22 heavy (non-hydrogen) atoms. The van der Waals surface area contributed by atoms with E-state index in [4.69, 9.17) is 15.3 Å². The van der Waals surface area contributed by atoms with Crippen molar-refractivity contribution in [1.82, 2.24) is 10.2 Å². The Bertz CT molecular complexity index is 824. The van der Waals surface area contributed by atoms with Crippen molar-refractivity contribution in [2.75, 3.05) is 19.6 Å². The third-order valence-electron chi connectivity index (χ3n) is 2.78. The van der Waals surface area contributed by atoms with Gasteiger partial charge in [-0.1, -0.05) is 0 Å². The number of aromatic amines is 1. The Morgan fingerprint density at radius 3 is 2.68 bits per heavy atom. The predicted molar refractivity (Wildman–Crippen MR) is 76.3 cm³/mol. The Kier molecular flexibility index (Phi) is 4.20. The van der Waals surface area contributed by atoms with E-state index < -0.39 is 5.97 Å². The lowest BCUT2D eigenvalue weighted by Gasteiger charge is -2.06. The molecule has 2 N–H and O–H groups in total. The van der Waals surface area contributed by atoms with Crippen molar-refractivity contribution < 1.29 is 14.3 Å². The number of carbonyl (C=O) groups is 1. The van der Waals surface area contributed by atoms with Crippen molar-refractivity contribution >= 4 is 28.3 Å². The number of benzene rings is 1. The molecular weight excluding hydrogens is 288 g/mol. The number of aromatic nitrogens is 2. The van der Waals surface area contributed by atoms with E-state index in [1.54, 1.807) is 24.3 Å². The van der Waals surface area contributed by atoms with Gasteiger partial charge in [-0.05, 0) is 12.1 Å². The van der Waals surface area contributed by atoms with Gasteiger partial charge in [0.2, 0.25) is 5.71 Å². The van der Waals surface area contributed by atoms with Gasteiger partial charge >= 0.3 is 5.97 Å². The number of carbonyl (C=O) groups excluding carboxylic acids is 1. The lowest BCUT2D eigenvalue weighted by molar-refractivity contribution is 0.0596. The minimum Gasteiger partial charge on any atom is -0.494 e. The first-order valence-electron chi connectivity index (χ1n) is 5.93. The maximum absolute atomic E-state index is 11.8. The lowest BCUT2D eigenvalue weighted by atomic mass is 10.1. The molecule has 110 valence electrons. The summed E-state index contributed by atoms with van der Waals surface area (Å²) < 4.78 is 9.85. The average molecular weight is 298 g/mol. The second-order valence-electron chi connectivity index (χ2n) is 3.92. The van der Waals surface area contributed by atoms with Gasteiger partial charge in [0.05, 0.1) is 25.3 Å². The normalized spacial score (nSPS) is 9.45. The summed E-state index contributed by atoms with van der Waals surface area (Å²) in [6.45, 7) is 0. The van der Waals surface area contributed by atoms with Gasteiger partial charge in [0.1, 0.15) is 23.4 Å². The topological polar surface area (TPSA) is 136 Å². The first-order valence-corrected chi connectivity index (χ1v) is 5.93. The molecular formula is C13H10N6O3. The van der Waals surface area contributed by atoms with Crippen LogP contribution >= 0.6 is 0 Å².